The van der Waals surface area contributed by atoms with Crippen LogP contribution < -0.4 is 0 Å². The lowest BCUT2D eigenvalue weighted by atomic mass is 9.75. The topological polar surface area (TPSA) is 55.8 Å². The maximum Gasteiger partial charge on any atom is 0.163 e. The van der Waals surface area contributed by atoms with Crippen molar-refractivity contribution >= 4 is 17.5 Å². The van der Waals surface area contributed by atoms with Crippen LogP contribution in [0.3, 0.4) is 0 Å². The Bertz CT molecular complexity index is 647. The SMILES string of the molecule is CC1(C)CC(=O)C(C(CCC2OCCCO2)Sc2ccccc2)=C(O)C1. The molecule has 1 aliphatic carbocycles. The van der Waals surface area contributed by atoms with Crippen LogP contribution in [0.1, 0.15) is 46.0 Å². The predicted molar refractivity (Wildman–Crippen MR) is 103 cm³/mol. The third-order valence-corrected chi connectivity index (χ3v) is 6.10. The molecule has 4 nitrogen and oxygen atoms in total. The molecular weight excluding hydrogens is 348 g/mol. The Morgan fingerprint density at radius 1 is 1.19 bits per heavy atom. The van der Waals surface area contributed by atoms with Crippen LogP contribution >= 0.6 is 11.8 Å². The molecule has 1 heterocycles. The monoisotopic (exact) mass is 376 g/mol. The Morgan fingerprint density at radius 3 is 2.54 bits per heavy atom. The lowest BCUT2D eigenvalue weighted by molar-refractivity contribution is -0.181. The number of ketones is 1. The summed E-state index contributed by atoms with van der Waals surface area (Å²) in [6.45, 7) is 5.51. The van der Waals surface area contributed by atoms with Crippen LogP contribution in [-0.4, -0.2) is 35.6 Å². The zero-order chi connectivity index (χ0) is 18.6. The molecule has 0 radical (unpaired) electrons. The van der Waals surface area contributed by atoms with Gasteiger partial charge in [-0.15, -0.1) is 11.8 Å². The molecule has 5 heteroatoms. The van der Waals surface area contributed by atoms with Gasteiger partial charge in [-0.2, -0.15) is 0 Å². The number of ether oxygens (including phenoxy) is 2. The average Bonchev–Trinajstić information content (AvgIpc) is 2.59. The Balaban J connectivity index is 1.78. The number of allylic oxidation sites excluding steroid dienone is 1. The van der Waals surface area contributed by atoms with Crippen molar-refractivity contribution in [3.05, 3.63) is 41.7 Å². The van der Waals surface area contributed by atoms with E-state index in [0.29, 0.717) is 18.4 Å². The molecule has 2 aliphatic rings. The molecular formula is C21H28O4S. The fourth-order valence-electron chi connectivity index (χ4n) is 3.58. The maximum atomic E-state index is 12.8. The number of aliphatic hydroxyl groups is 1. The number of hydrogen-bond acceptors (Lipinski definition) is 5. The molecule has 1 atom stereocenters. The van der Waals surface area contributed by atoms with Gasteiger partial charge in [0.05, 0.1) is 13.2 Å². The third kappa shape index (κ3) is 5.12. The Hall–Kier alpha value is -1.30. The molecule has 26 heavy (non-hydrogen) atoms. The summed E-state index contributed by atoms with van der Waals surface area (Å²) in [7, 11) is 0. The largest absolute Gasteiger partial charge is 0.512 e. The first-order valence-electron chi connectivity index (χ1n) is 9.35. The molecule has 1 saturated heterocycles. The van der Waals surface area contributed by atoms with Gasteiger partial charge in [-0.05, 0) is 36.8 Å². The molecule has 3 rings (SSSR count). The maximum absolute atomic E-state index is 12.8. The van der Waals surface area contributed by atoms with Gasteiger partial charge in [0.25, 0.3) is 0 Å². The summed E-state index contributed by atoms with van der Waals surface area (Å²) in [5, 5.41) is 10.6. The van der Waals surface area contributed by atoms with Gasteiger partial charge < -0.3 is 14.6 Å². The van der Waals surface area contributed by atoms with E-state index in [1.165, 1.54) is 0 Å². The highest BCUT2D eigenvalue weighted by Gasteiger charge is 2.37. The fourth-order valence-corrected chi connectivity index (χ4v) is 4.87. The second-order valence-corrected chi connectivity index (χ2v) is 9.10. The zero-order valence-corrected chi connectivity index (χ0v) is 16.4. The molecule has 1 aromatic carbocycles. The first-order valence-corrected chi connectivity index (χ1v) is 10.2. The van der Waals surface area contributed by atoms with Gasteiger partial charge in [-0.3, -0.25) is 4.79 Å². The van der Waals surface area contributed by atoms with Crippen molar-refractivity contribution in [3.8, 4) is 0 Å². The zero-order valence-electron chi connectivity index (χ0n) is 15.6. The van der Waals surface area contributed by atoms with Gasteiger partial charge in [0.2, 0.25) is 0 Å². The molecule has 1 fully saturated rings. The van der Waals surface area contributed by atoms with Gasteiger partial charge in [-0.25, -0.2) is 0 Å². The number of carbonyl (C=O) groups is 1. The van der Waals surface area contributed by atoms with Gasteiger partial charge in [-0.1, -0.05) is 32.0 Å². The van der Waals surface area contributed by atoms with Crippen LogP contribution in [0.2, 0.25) is 0 Å². The summed E-state index contributed by atoms with van der Waals surface area (Å²) in [6.07, 6.45) is 3.21. The number of benzene rings is 1. The summed E-state index contributed by atoms with van der Waals surface area (Å²) in [4.78, 5) is 13.9. The van der Waals surface area contributed by atoms with Crippen LogP contribution in [0, 0.1) is 5.41 Å². The van der Waals surface area contributed by atoms with E-state index in [-0.39, 0.29) is 28.5 Å². The quantitative estimate of drug-likeness (QED) is 0.716. The normalized spacial score (nSPS) is 22.5. The minimum absolute atomic E-state index is 0.0673. The van der Waals surface area contributed by atoms with E-state index < -0.39 is 0 Å². The first-order chi connectivity index (χ1) is 12.4. The summed E-state index contributed by atoms with van der Waals surface area (Å²) in [5.41, 5.74) is 0.413. The van der Waals surface area contributed by atoms with Gasteiger partial charge in [0.1, 0.15) is 5.76 Å². The Morgan fingerprint density at radius 2 is 1.88 bits per heavy atom. The van der Waals surface area contributed by atoms with Crippen LogP contribution in [-0.2, 0) is 14.3 Å². The minimum atomic E-state index is -0.208. The highest BCUT2D eigenvalue weighted by Crippen LogP contribution is 2.42. The van der Waals surface area contributed by atoms with Crippen molar-refractivity contribution < 1.29 is 19.4 Å². The number of rotatable bonds is 6. The first kappa shape index (κ1) is 19.5. The Labute approximate surface area is 160 Å². The number of thioether (sulfide) groups is 1. The summed E-state index contributed by atoms with van der Waals surface area (Å²) in [6, 6.07) is 10.0. The van der Waals surface area contributed by atoms with Crippen molar-refractivity contribution in [2.24, 2.45) is 5.41 Å². The highest BCUT2D eigenvalue weighted by atomic mass is 32.2. The second-order valence-electron chi connectivity index (χ2n) is 7.82. The van der Waals surface area contributed by atoms with Crippen molar-refractivity contribution in [1.29, 1.82) is 0 Å². The van der Waals surface area contributed by atoms with E-state index in [1.807, 2.05) is 44.2 Å². The molecule has 0 amide bonds. The minimum Gasteiger partial charge on any atom is -0.512 e. The fraction of sp³-hybridized carbons (Fsp3) is 0.571. The lowest BCUT2D eigenvalue weighted by Gasteiger charge is -2.33. The van der Waals surface area contributed by atoms with E-state index in [1.54, 1.807) is 11.8 Å². The van der Waals surface area contributed by atoms with E-state index in [4.69, 9.17) is 9.47 Å². The number of carbonyl (C=O) groups excluding carboxylic acids is 1. The van der Waals surface area contributed by atoms with E-state index in [0.717, 1.165) is 37.4 Å². The summed E-state index contributed by atoms with van der Waals surface area (Å²) < 4.78 is 11.3. The van der Waals surface area contributed by atoms with Crippen LogP contribution in [0.4, 0.5) is 0 Å². The van der Waals surface area contributed by atoms with Crippen molar-refractivity contribution in [3.63, 3.8) is 0 Å². The smallest absolute Gasteiger partial charge is 0.163 e. The molecule has 0 bridgehead atoms. The molecule has 142 valence electrons. The standard InChI is InChI=1S/C21H28O4S/c1-21(2)13-16(22)20(17(23)14-21)18(26-15-7-4-3-5-8-15)9-10-19-24-11-6-12-25-19/h3-5,7-8,18-19,22H,6,9-14H2,1-2H3. The van der Waals surface area contributed by atoms with Crippen molar-refractivity contribution in [2.45, 2.75) is 62.4 Å². The average molecular weight is 377 g/mol. The molecule has 1 N–H and O–H groups in total. The summed E-state index contributed by atoms with van der Waals surface area (Å²) >= 11 is 1.64. The predicted octanol–water partition coefficient (Wildman–Crippen LogP) is 4.89. The lowest BCUT2D eigenvalue weighted by Crippen LogP contribution is -2.31. The number of hydrogen-bond donors (Lipinski definition) is 1. The highest BCUT2D eigenvalue weighted by molar-refractivity contribution is 8.00. The van der Waals surface area contributed by atoms with Crippen molar-refractivity contribution in [1.82, 2.24) is 0 Å². The molecule has 1 unspecified atom stereocenters. The molecule has 0 spiro atoms. The Kier molecular flexibility index (Phi) is 6.43. The van der Waals surface area contributed by atoms with Gasteiger partial charge in [0, 0.05) is 28.6 Å². The third-order valence-electron chi connectivity index (χ3n) is 4.80. The van der Waals surface area contributed by atoms with Gasteiger partial charge in [0.15, 0.2) is 12.1 Å². The second kappa shape index (κ2) is 8.59. The summed E-state index contributed by atoms with van der Waals surface area (Å²) in [5.74, 6) is 0.322. The molecule has 0 saturated carbocycles. The van der Waals surface area contributed by atoms with Crippen molar-refractivity contribution in [2.75, 3.05) is 13.2 Å². The molecule has 1 aliphatic heterocycles. The van der Waals surface area contributed by atoms with Crippen LogP contribution in [0.25, 0.3) is 0 Å². The number of aliphatic hydroxyl groups excluding tert-OH is 1. The van der Waals surface area contributed by atoms with E-state index in [2.05, 4.69) is 0 Å². The van der Waals surface area contributed by atoms with E-state index in [9.17, 15) is 9.90 Å². The van der Waals surface area contributed by atoms with Crippen LogP contribution in [0.15, 0.2) is 46.6 Å². The van der Waals surface area contributed by atoms with Gasteiger partial charge >= 0.3 is 0 Å². The number of Topliss-reactive ketones (excluding diaryl/α,β-unsaturated/α-hetero) is 1. The molecule has 0 aromatic heterocycles. The van der Waals surface area contributed by atoms with Crippen LogP contribution in [0.5, 0.6) is 0 Å². The van der Waals surface area contributed by atoms with E-state index >= 15 is 0 Å². The molecule has 1 aromatic rings.